The zero-order chi connectivity index (χ0) is 16.6. The van der Waals surface area contributed by atoms with Crippen LogP contribution in [0.3, 0.4) is 0 Å². The first-order chi connectivity index (χ1) is 11.0. The minimum absolute atomic E-state index is 0.111. The van der Waals surface area contributed by atoms with Gasteiger partial charge in [-0.1, -0.05) is 12.1 Å². The smallest absolute Gasteiger partial charge is 0.315 e. The van der Waals surface area contributed by atoms with Crippen LogP contribution < -0.4 is 0 Å². The highest BCUT2D eigenvalue weighted by atomic mass is 127. The van der Waals surface area contributed by atoms with E-state index < -0.39 is 5.92 Å². The molecule has 1 heterocycles. The van der Waals surface area contributed by atoms with Crippen molar-refractivity contribution in [2.45, 2.75) is 32.1 Å². The minimum Gasteiger partial charge on any atom is -0.468 e. The fourth-order valence-corrected chi connectivity index (χ4v) is 3.83. The Morgan fingerprint density at radius 1 is 1.26 bits per heavy atom. The van der Waals surface area contributed by atoms with Crippen molar-refractivity contribution in [1.82, 2.24) is 0 Å². The monoisotopic (exact) mass is 423 g/mol. The van der Waals surface area contributed by atoms with Gasteiger partial charge in [0.25, 0.3) is 0 Å². The van der Waals surface area contributed by atoms with Gasteiger partial charge in [-0.25, -0.2) is 0 Å². The van der Waals surface area contributed by atoms with Crippen LogP contribution in [0.15, 0.2) is 40.5 Å². The Morgan fingerprint density at radius 3 is 2.61 bits per heavy atom. The van der Waals surface area contributed by atoms with Crippen LogP contribution in [0.5, 0.6) is 0 Å². The van der Waals surface area contributed by atoms with E-state index in [9.17, 15) is 9.59 Å². The van der Waals surface area contributed by atoms with Crippen molar-refractivity contribution in [2.75, 3.05) is 7.11 Å². The number of allylic oxidation sites excluding steroid dienone is 2. The summed E-state index contributed by atoms with van der Waals surface area (Å²) in [6, 6.07) is 7.98. The number of hydrogen-bond donors (Lipinski definition) is 0. The van der Waals surface area contributed by atoms with Crippen LogP contribution in [0.2, 0.25) is 0 Å². The van der Waals surface area contributed by atoms with Gasteiger partial charge in [-0.3, -0.25) is 14.6 Å². The van der Waals surface area contributed by atoms with Crippen molar-refractivity contribution in [1.29, 1.82) is 0 Å². The molecule has 1 aliphatic heterocycles. The lowest BCUT2D eigenvalue weighted by atomic mass is 9.72. The van der Waals surface area contributed by atoms with Gasteiger partial charge in [-0.05, 0) is 60.1 Å². The lowest BCUT2D eigenvalue weighted by Gasteiger charge is -2.34. The summed E-state index contributed by atoms with van der Waals surface area (Å²) < 4.78 is 6.11. The third-order valence-corrected chi connectivity index (χ3v) is 5.24. The van der Waals surface area contributed by atoms with E-state index in [1.54, 1.807) is 0 Å². The van der Waals surface area contributed by atoms with Gasteiger partial charge in [-0.15, -0.1) is 0 Å². The molecule has 0 amide bonds. The average Bonchev–Trinajstić information content (AvgIpc) is 2.54. The molecule has 0 radical (unpaired) electrons. The highest BCUT2D eigenvalue weighted by molar-refractivity contribution is 14.1. The summed E-state index contributed by atoms with van der Waals surface area (Å²) >= 11 is 2.24. The number of carbonyl (C=O) groups is 2. The average molecular weight is 423 g/mol. The molecule has 120 valence electrons. The maximum absolute atomic E-state index is 12.6. The van der Waals surface area contributed by atoms with E-state index in [-0.39, 0.29) is 17.7 Å². The predicted octanol–water partition coefficient (Wildman–Crippen LogP) is 3.65. The zero-order valence-electron chi connectivity index (χ0n) is 13.1. The number of benzene rings is 1. The molecule has 0 spiro atoms. The number of ether oxygens (including phenoxy) is 1. The number of carbonyl (C=O) groups excluding carboxylic acids is 2. The number of esters is 1. The van der Waals surface area contributed by atoms with E-state index in [1.165, 1.54) is 7.11 Å². The second kappa shape index (κ2) is 6.55. The standard InChI is InChI=1S/C18H18INO3/c1-10-15(18(22)23-2)16(11-6-8-12(19)9-7-11)17-13(20-10)4-3-5-14(17)21/h6-9,15-16H,3-5H2,1-2H3/t15?,16-/m1/s1. The number of hydrogen-bond acceptors (Lipinski definition) is 4. The summed E-state index contributed by atoms with van der Waals surface area (Å²) in [5.74, 6) is -1.04. The number of halogens is 1. The Labute approximate surface area is 149 Å². The van der Waals surface area contributed by atoms with Crippen molar-refractivity contribution in [3.05, 3.63) is 44.7 Å². The molecule has 3 rings (SSSR count). The molecule has 2 atom stereocenters. The molecular formula is C18H18INO3. The molecule has 1 aliphatic carbocycles. The van der Waals surface area contributed by atoms with Crippen LogP contribution in [0.25, 0.3) is 0 Å². The number of nitrogens with zero attached hydrogens (tertiary/aromatic N) is 1. The number of ketones is 1. The molecule has 0 saturated carbocycles. The van der Waals surface area contributed by atoms with E-state index in [4.69, 9.17) is 4.74 Å². The largest absolute Gasteiger partial charge is 0.468 e. The van der Waals surface area contributed by atoms with Gasteiger partial charge in [0.05, 0.1) is 7.11 Å². The quantitative estimate of drug-likeness (QED) is 0.539. The van der Waals surface area contributed by atoms with Crippen LogP contribution in [-0.4, -0.2) is 24.6 Å². The van der Waals surface area contributed by atoms with Gasteiger partial charge in [0.1, 0.15) is 5.92 Å². The summed E-state index contributed by atoms with van der Waals surface area (Å²) in [7, 11) is 1.38. The molecular weight excluding hydrogens is 405 g/mol. The molecule has 1 unspecified atom stereocenters. The predicted molar refractivity (Wildman–Crippen MR) is 96.4 cm³/mol. The Kier molecular flexibility index (Phi) is 4.66. The number of Topliss-reactive ketones (excluding diaryl/α,β-unsaturated/α-hetero) is 1. The molecule has 1 aromatic carbocycles. The zero-order valence-corrected chi connectivity index (χ0v) is 15.3. The van der Waals surface area contributed by atoms with Gasteiger partial charge in [-0.2, -0.15) is 0 Å². The van der Waals surface area contributed by atoms with Crippen molar-refractivity contribution in [3.8, 4) is 0 Å². The first-order valence-corrected chi connectivity index (χ1v) is 8.75. The van der Waals surface area contributed by atoms with Crippen LogP contribution >= 0.6 is 22.6 Å². The Bertz CT molecular complexity index is 718. The van der Waals surface area contributed by atoms with E-state index in [0.29, 0.717) is 12.0 Å². The van der Waals surface area contributed by atoms with Crippen LogP contribution in [-0.2, 0) is 14.3 Å². The van der Waals surface area contributed by atoms with Crippen molar-refractivity contribution >= 4 is 40.1 Å². The lowest BCUT2D eigenvalue weighted by Crippen LogP contribution is -2.36. The summed E-state index contributed by atoms with van der Waals surface area (Å²) in [5.41, 5.74) is 3.26. The molecule has 0 bridgehead atoms. The van der Waals surface area contributed by atoms with Gasteiger partial charge in [0.2, 0.25) is 0 Å². The molecule has 0 fully saturated rings. The molecule has 0 aromatic heterocycles. The molecule has 0 N–H and O–H groups in total. The number of rotatable bonds is 2. The summed E-state index contributed by atoms with van der Waals surface area (Å²) in [4.78, 5) is 29.5. The van der Waals surface area contributed by atoms with E-state index >= 15 is 0 Å². The highest BCUT2D eigenvalue weighted by Gasteiger charge is 2.42. The topological polar surface area (TPSA) is 55.7 Å². The van der Waals surface area contributed by atoms with E-state index in [1.807, 2.05) is 31.2 Å². The van der Waals surface area contributed by atoms with Crippen LogP contribution in [0.1, 0.15) is 37.7 Å². The fraction of sp³-hybridized carbons (Fsp3) is 0.389. The lowest BCUT2D eigenvalue weighted by molar-refractivity contribution is -0.143. The number of aliphatic imine (C=N–C) groups is 1. The number of methoxy groups -OCH3 is 1. The van der Waals surface area contributed by atoms with E-state index in [2.05, 4.69) is 27.6 Å². The van der Waals surface area contributed by atoms with E-state index in [0.717, 1.165) is 33.4 Å². The summed E-state index contributed by atoms with van der Waals surface area (Å²) in [6.07, 6.45) is 2.16. The second-order valence-corrected chi connectivity index (χ2v) is 7.17. The molecule has 1 aromatic rings. The Hall–Kier alpha value is -1.50. The summed E-state index contributed by atoms with van der Waals surface area (Å²) in [6.45, 7) is 1.85. The highest BCUT2D eigenvalue weighted by Crippen LogP contribution is 2.43. The third kappa shape index (κ3) is 2.98. The third-order valence-electron chi connectivity index (χ3n) is 4.52. The maximum Gasteiger partial charge on any atom is 0.315 e. The fourth-order valence-electron chi connectivity index (χ4n) is 3.47. The molecule has 5 heteroatoms. The van der Waals surface area contributed by atoms with Crippen LogP contribution in [0, 0.1) is 9.49 Å². The molecule has 4 nitrogen and oxygen atoms in total. The second-order valence-electron chi connectivity index (χ2n) is 5.92. The maximum atomic E-state index is 12.6. The Balaban J connectivity index is 2.17. The summed E-state index contributed by atoms with van der Waals surface area (Å²) in [5, 5.41) is 0. The first kappa shape index (κ1) is 16.4. The molecule has 23 heavy (non-hydrogen) atoms. The first-order valence-electron chi connectivity index (χ1n) is 7.67. The SMILES string of the molecule is COC(=O)C1C(C)=NC2=C(C(=O)CCC2)[C@@H]1c1ccc(I)cc1. The normalized spacial score (nSPS) is 24.1. The minimum atomic E-state index is -0.527. The van der Waals surface area contributed by atoms with Crippen molar-refractivity contribution < 1.29 is 14.3 Å². The van der Waals surface area contributed by atoms with Gasteiger partial charge in [0.15, 0.2) is 5.78 Å². The van der Waals surface area contributed by atoms with Gasteiger partial charge < -0.3 is 4.74 Å². The van der Waals surface area contributed by atoms with Gasteiger partial charge >= 0.3 is 5.97 Å². The van der Waals surface area contributed by atoms with Gasteiger partial charge in [0, 0.05) is 32.9 Å². The van der Waals surface area contributed by atoms with Crippen LogP contribution in [0.4, 0.5) is 0 Å². The van der Waals surface area contributed by atoms with Crippen molar-refractivity contribution in [3.63, 3.8) is 0 Å². The molecule has 2 aliphatic rings. The Morgan fingerprint density at radius 2 is 1.96 bits per heavy atom. The van der Waals surface area contributed by atoms with Crippen molar-refractivity contribution in [2.24, 2.45) is 10.9 Å². The molecule has 0 saturated heterocycles.